The van der Waals surface area contributed by atoms with Gasteiger partial charge in [0, 0.05) is 14.6 Å². The summed E-state index contributed by atoms with van der Waals surface area (Å²) in [4.78, 5) is 0. The normalized spacial score (nSPS) is 12.2. The average molecular weight is 387 g/mol. The van der Waals surface area contributed by atoms with Crippen molar-refractivity contribution in [2.75, 3.05) is 12.3 Å². The largest absolute Gasteiger partial charge is 0.491 e. The van der Waals surface area contributed by atoms with Crippen LogP contribution in [0, 0.1) is 0 Å². The van der Waals surface area contributed by atoms with E-state index >= 15 is 0 Å². The first-order valence-corrected chi connectivity index (χ1v) is 7.26. The standard InChI is InChI=1S/C14H13Br2NO2/c15-9-1-6-13(16)12(7-9)14(18)8-19-11-4-2-10(17)3-5-11/h1-7,14,18H,8,17H2. The fourth-order valence-corrected chi connectivity index (χ4v) is 2.49. The molecule has 19 heavy (non-hydrogen) atoms. The van der Waals surface area contributed by atoms with Crippen molar-refractivity contribution < 1.29 is 9.84 Å². The second-order valence-corrected chi connectivity index (χ2v) is 5.83. The van der Waals surface area contributed by atoms with Crippen molar-refractivity contribution in [2.24, 2.45) is 0 Å². The number of nitrogen functional groups attached to an aromatic ring is 1. The number of nitrogens with two attached hydrogens (primary N) is 1. The molecular weight excluding hydrogens is 374 g/mol. The zero-order valence-corrected chi connectivity index (χ0v) is 13.2. The molecule has 3 N–H and O–H groups in total. The zero-order chi connectivity index (χ0) is 13.8. The molecule has 100 valence electrons. The fraction of sp³-hybridized carbons (Fsp3) is 0.143. The van der Waals surface area contributed by atoms with Crippen molar-refractivity contribution in [3.63, 3.8) is 0 Å². The third-order valence-corrected chi connectivity index (χ3v) is 3.82. The van der Waals surface area contributed by atoms with E-state index in [1.165, 1.54) is 0 Å². The second-order valence-electron chi connectivity index (χ2n) is 4.06. The molecular formula is C14H13Br2NO2. The highest BCUT2D eigenvalue weighted by atomic mass is 79.9. The molecule has 0 aliphatic heterocycles. The lowest BCUT2D eigenvalue weighted by molar-refractivity contribution is 0.107. The minimum atomic E-state index is -0.704. The van der Waals surface area contributed by atoms with Crippen LogP contribution in [0.1, 0.15) is 11.7 Å². The molecule has 2 rings (SSSR count). The molecule has 1 unspecified atom stereocenters. The first-order chi connectivity index (χ1) is 9.06. The molecule has 0 fully saturated rings. The molecule has 0 aromatic heterocycles. The van der Waals surface area contributed by atoms with E-state index in [0.29, 0.717) is 11.4 Å². The average Bonchev–Trinajstić information content (AvgIpc) is 2.40. The number of benzene rings is 2. The summed E-state index contributed by atoms with van der Waals surface area (Å²) < 4.78 is 7.30. The van der Waals surface area contributed by atoms with Gasteiger partial charge in [-0.25, -0.2) is 0 Å². The van der Waals surface area contributed by atoms with Gasteiger partial charge in [-0.2, -0.15) is 0 Å². The predicted molar refractivity (Wildman–Crippen MR) is 83.2 cm³/mol. The van der Waals surface area contributed by atoms with Crippen molar-refractivity contribution in [2.45, 2.75) is 6.10 Å². The van der Waals surface area contributed by atoms with Gasteiger partial charge in [-0.15, -0.1) is 0 Å². The smallest absolute Gasteiger partial charge is 0.119 e. The minimum Gasteiger partial charge on any atom is -0.491 e. The minimum absolute atomic E-state index is 0.180. The Balaban J connectivity index is 2.03. The highest BCUT2D eigenvalue weighted by molar-refractivity contribution is 9.11. The highest BCUT2D eigenvalue weighted by Crippen LogP contribution is 2.27. The van der Waals surface area contributed by atoms with Crippen LogP contribution in [0.25, 0.3) is 0 Å². The summed E-state index contributed by atoms with van der Waals surface area (Å²) >= 11 is 6.80. The van der Waals surface area contributed by atoms with E-state index in [1.54, 1.807) is 24.3 Å². The monoisotopic (exact) mass is 385 g/mol. The number of aliphatic hydroxyl groups is 1. The number of ether oxygens (including phenoxy) is 1. The number of halogens is 2. The Hall–Kier alpha value is -1.04. The predicted octanol–water partition coefficient (Wildman–Crippen LogP) is 3.91. The zero-order valence-electron chi connectivity index (χ0n) is 10.0. The Kier molecular flexibility index (Phi) is 4.85. The molecule has 0 amide bonds. The second kappa shape index (κ2) is 6.41. The van der Waals surface area contributed by atoms with Crippen LogP contribution < -0.4 is 10.5 Å². The lowest BCUT2D eigenvalue weighted by Crippen LogP contribution is -2.10. The molecule has 0 saturated heterocycles. The van der Waals surface area contributed by atoms with Crippen LogP contribution in [-0.2, 0) is 0 Å². The van der Waals surface area contributed by atoms with Crippen molar-refractivity contribution in [3.8, 4) is 5.75 Å². The first-order valence-electron chi connectivity index (χ1n) is 5.67. The Labute approximate surface area is 128 Å². The van der Waals surface area contributed by atoms with E-state index in [2.05, 4.69) is 31.9 Å². The molecule has 2 aromatic rings. The first kappa shape index (κ1) is 14.4. The Bertz CT molecular complexity index is 558. The van der Waals surface area contributed by atoms with Crippen LogP contribution in [0.4, 0.5) is 5.69 Å². The maximum atomic E-state index is 10.1. The Morgan fingerprint density at radius 1 is 1.11 bits per heavy atom. The summed E-state index contributed by atoms with van der Waals surface area (Å²) in [6.07, 6.45) is -0.704. The Morgan fingerprint density at radius 3 is 2.47 bits per heavy atom. The van der Waals surface area contributed by atoms with Gasteiger partial charge in [-0.3, -0.25) is 0 Å². The SMILES string of the molecule is Nc1ccc(OCC(O)c2cc(Br)ccc2Br)cc1. The molecule has 1 atom stereocenters. The van der Waals surface area contributed by atoms with Gasteiger partial charge in [0.2, 0.25) is 0 Å². The summed E-state index contributed by atoms with van der Waals surface area (Å²) in [5, 5.41) is 10.1. The van der Waals surface area contributed by atoms with Crippen LogP contribution in [0.2, 0.25) is 0 Å². The van der Waals surface area contributed by atoms with Crippen molar-refractivity contribution >= 4 is 37.5 Å². The van der Waals surface area contributed by atoms with E-state index in [1.807, 2.05) is 18.2 Å². The van der Waals surface area contributed by atoms with Gasteiger partial charge in [-0.05, 0) is 48.0 Å². The maximum Gasteiger partial charge on any atom is 0.119 e. The van der Waals surface area contributed by atoms with Crippen LogP contribution in [0.3, 0.4) is 0 Å². The van der Waals surface area contributed by atoms with Gasteiger partial charge in [0.25, 0.3) is 0 Å². The van der Waals surface area contributed by atoms with E-state index < -0.39 is 6.10 Å². The molecule has 0 bridgehead atoms. The lowest BCUT2D eigenvalue weighted by atomic mass is 10.1. The molecule has 0 spiro atoms. The third kappa shape index (κ3) is 3.96. The number of hydrogen-bond donors (Lipinski definition) is 2. The van der Waals surface area contributed by atoms with Crippen molar-refractivity contribution in [1.82, 2.24) is 0 Å². The van der Waals surface area contributed by atoms with Gasteiger partial charge in [0.05, 0.1) is 0 Å². The van der Waals surface area contributed by atoms with Gasteiger partial charge in [0.1, 0.15) is 18.5 Å². The summed E-state index contributed by atoms with van der Waals surface area (Å²) in [6.45, 7) is 0.180. The molecule has 5 heteroatoms. The number of hydrogen-bond acceptors (Lipinski definition) is 3. The van der Waals surface area contributed by atoms with Crippen LogP contribution in [0.5, 0.6) is 5.75 Å². The Morgan fingerprint density at radius 2 is 1.79 bits per heavy atom. The number of anilines is 1. The molecule has 0 saturated carbocycles. The summed E-state index contributed by atoms with van der Waals surface area (Å²) in [5.74, 6) is 0.680. The molecule has 0 aliphatic carbocycles. The summed E-state index contributed by atoms with van der Waals surface area (Å²) in [7, 11) is 0. The fourth-order valence-electron chi connectivity index (χ4n) is 1.60. The maximum absolute atomic E-state index is 10.1. The highest BCUT2D eigenvalue weighted by Gasteiger charge is 2.12. The van der Waals surface area contributed by atoms with E-state index in [0.717, 1.165) is 14.5 Å². The van der Waals surface area contributed by atoms with Gasteiger partial charge >= 0.3 is 0 Å². The molecule has 0 aliphatic rings. The lowest BCUT2D eigenvalue weighted by Gasteiger charge is -2.14. The van der Waals surface area contributed by atoms with Crippen molar-refractivity contribution in [1.29, 1.82) is 0 Å². The molecule has 0 radical (unpaired) electrons. The van der Waals surface area contributed by atoms with Crippen LogP contribution in [-0.4, -0.2) is 11.7 Å². The topological polar surface area (TPSA) is 55.5 Å². The van der Waals surface area contributed by atoms with E-state index in [9.17, 15) is 5.11 Å². The van der Waals surface area contributed by atoms with E-state index in [4.69, 9.17) is 10.5 Å². The van der Waals surface area contributed by atoms with Crippen LogP contribution >= 0.6 is 31.9 Å². The summed E-state index contributed by atoms with van der Waals surface area (Å²) in [5.41, 5.74) is 7.06. The number of aliphatic hydroxyl groups excluding tert-OH is 1. The number of rotatable bonds is 4. The third-order valence-electron chi connectivity index (χ3n) is 2.61. The van der Waals surface area contributed by atoms with Gasteiger partial charge < -0.3 is 15.6 Å². The van der Waals surface area contributed by atoms with Crippen molar-refractivity contribution in [3.05, 3.63) is 57.0 Å². The molecule has 0 heterocycles. The quantitative estimate of drug-likeness (QED) is 0.783. The molecule has 2 aromatic carbocycles. The van der Waals surface area contributed by atoms with Gasteiger partial charge in [0.15, 0.2) is 0 Å². The van der Waals surface area contributed by atoms with Gasteiger partial charge in [-0.1, -0.05) is 31.9 Å². The van der Waals surface area contributed by atoms with E-state index in [-0.39, 0.29) is 6.61 Å². The molecule has 3 nitrogen and oxygen atoms in total. The summed E-state index contributed by atoms with van der Waals surface area (Å²) in [6, 6.07) is 12.7. The van der Waals surface area contributed by atoms with Crippen LogP contribution in [0.15, 0.2) is 51.4 Å².